The van der Waals surface area contributed by atoms with Gasteiger partial charge in [-0.3, -0.25) is 4.72 Å². The number of aromatic nitrogens is 1. The zero-order chi connectivity index (χ0) is 14.9. The van der Waals surface area contributed by atoms with Gasteiger partial charge in [-0.2, -0.15) is 0 Å². The van der Waals surface area contributed by atoms with E-state index in [-0.39, 0.29) is 15.7 Å². The van der Waals surface area contributed by atoms with E-state index in [4.69, 9.17) is 23.2 Å². The van der Waals surface area contributed by atoms with Gasteiger partial charge >= 0.3 is 0 Å². The van der Waals surface area contributed by atoms with Gasteiger partial charge in [-0.25, -0.2) is 13.4 Å². The van der Waals surface area contributed by atoms with Crippen molar-refractivity contribution in [3.63, 3.8) is 0 Å². The molecule has 0 aliphatic rings. The Hall–Kier alpha value is -0.820. The van der Waals surface area contributed by atoms with Crippen LogP contribution in [0.25, 0.3) is 0 Å². The average molecular weight is 396 g/mol. The number of pyridine rings is 1. The predicted molar refractivity (Wildman–Crippen MR) is 83.9 cm³/mol. The number of benzene rings is 1. The van der Waals surface area contributed by atoms with Crippen LogP contribution in [0.2, 0.25) is 10.0 Å². The predicted octanol–water partition coefficient (Wildman–Crippen LogP) is 4.26. The molecule has 0 fully saturated rings. The number of hydrogen-bond donors (Lipinski definition) is 1. The number of aryl methyl sites for hydroxylation is 1. The van der Waals surface area contributed by atoms with Crippen LogP contribution in [0, 0.1) is 6.92 Å². The number of rotatable bonds is 3. The van der Waals surface area contributed by atoms with E-state index in [1.54, 1.807) is 13.0 Å². The zero-order valence-electron chi connectivity index (χ0n) is 10.2. The van der Waals surface area contributed by atoms with Crippen LogP contribution in [0.5, 0.6) is 0 Å². The Morgan fingerprint density at radius 2 is 1.90 bits per heavy atom. The lowest BCUT2D eigenvalue weighted by atomic mass is 10.3. The van der Waals surface area contributed by atoms with Crippen LogP contribution in [0.4, 0.5) is 5.82 Å². The first kappa shape index (κ1) is 15.6. The van der Waals surface area contributed by atoms with Crippen molar-refractivity contribution in [3.05, 3.63) is 50.5 Å². The Kier molecular flexibility index (Phi) is 4.59. The molecule has 8 heteroatoms. The minimum absolute atomic E-state index is 0.0241. The Morgan fingerprint density at radius 1 is 1.20 bits per heavy atom. The molecule has 4 nitrogen and oxygen atoms in total. The molecule has 0 saturated heterocycles. The summed E-state index contributed by atoms with van der Waals surface area (Å²) in [6.07, 6.45) is 1.51. The van der Waals surface area contributed by atoms with Crippen molar-refractivity contribution in [3.8, 4) is 0 Å². The van der Waals surface area contributed by atoms with Crippen LogP contribution in [0.1, 0.15) is 5.56 Å². The summed E-state index contributed by atoms with van der Waals surface area (Å²) in [6.45, 7) is 1.75. The van der Waals surface area contributed by atoms with Gasteiger partial charge in [-0.15, -0.1) is 0 Å². The van der Waals surface area contributed by atoms with Crippen molar-refractivity contribution in [2.75, 3.05) is 4.72 Å². The number of anilines is 1. The van der Waals surface area contributed by atoms with Crippen LogP contribution < -0.4 is 4.72 Å². The SMILES string of the molecule is Cc1cc(Br)cnc1NS(=O)(=O)c1ccc(Cl)c(Cl)c1. The molecule has 0 amide bonds. The summed E-state index contributed by atoms with van der Waals surface area (Å²) in [7, 11) is -3.76. The molecule has 2 aromatic rings. The van der Waals surface area contributed by atoms with Gasteiger partial charge in [-0.1, -0.05) is 23.2 Å². The van der Waals surface area contributed by atoms with Gasteiger partial charge in [0, 0.05) is 10.7 Å². The highest BCUT2D eigenvalue weighted by atomic mass is 79.9. The summed E-state index contributed by atoms with van der Waals surface area (Å²) in [4.78, 5) is 4.06. The molecule has 0 atom stereocenters. The molecule has 2 rings (SSSR count). The van der Waals surface area contributed by atoms with Crippen LogP contribution >= 0.6 is 39.1 Å². The van der Waals surface area contributed by atoms with E-state index in [0.717, 1.165) is 4.47 Å². The second-order valence-electron chi connectivity index (χ2n) is 4.00. The molecule has 1 heterocycles. The Labute approximate surface area is 135 Å². The lowest BCUT2D eigenvalue weighted by molar-refractivity contribution is 0.601. The summed E-state index contributed by atoms with van der Waals surface area (Å²) in [6, 6.07) is 5.87. The minimum Gasteiger partial charge on any atom is -0.263 e. The Bertz CT molecular complexity index is 766. The van der Waals surface area contributed by atoms with Gasteiger partial charge in [0.15, 0.2) is 0 Å². The number of halogens is 3. The lowest BCUT2D eigenvalue weighted by Gasteiger charge is -2.10. The summed E-state index contributed by atoms with van der Waals surface area (Å²) >= 11 is 14.9. The molecule has 1 N–H and O–H groups in total. The first-order chi connectivity index (χ1) is 9.29. The number of hydrogen-bond acceptors (Lipinski definition) is 3. The highest BCUT2D eigenvalue weighted by Gasteiger charge is 2.17. The van der Waals surface area contributed by atoms with Gasteiger partial charge in [0.1, 0.15) is 5.82 Å². The smallest absolute Gasteiger partial charge is 0.263 e. The van der Waals surface area contributed by atoms with Gasteiger partial charge in [-0.05, 0) is 52.7 Å². The van der Waals surface area contributed by atoms with E-state index in [1.807, 2.05) is 0 Å². The fraction of sp³-hybridized carbons (Fsp3) is 0.0833. The molecule has 0 saturated carbocycles. The van der Waals surface area contributed by atoms with Gasteiger partial charge < -0.3 is 0 Å². The molecule has 0 radical (unpaired) electrons. The topological polar surface area (TPSA) is 59.1 Å². The maximum Gasteiger partial charge on any atom is 0.263 e. The van der Waals surface area contributed by atoms with E-state index in [1.165, 1.54) is 24.4 Å². The molecule has 20 heavy (non-hydrogen) atoms. The highest BCUT2D eigenvalue weighted by molar-refractivity contribution is 9.10. The summed E-state index contributed by atoms with van der Waals surface area (Å²) in [5.41, 5.74) is 0.697. The van der Waals surface area contributed by atoms with Gasteiger partial charge in [0.2, 0.25) is 0 Å². The number of nitrogens with one attached hydrogen (secondary N) is 1. The van der Waals surface area contributed by atoms with Crippen LogP contribution in [-0.4, -0.2) is 13.4 Å². The van der Waals surface area contributed by atoms with E-state index >= 15 is 0 Å². The van der Waals surface area contributed by atoms with Crippen LogP contribution in [0.15, 0.2) is 39.8 Å². The Balaban J connectivity index is 2.38. The second-order valence-corrected chi connectivity index (χ2v) is 7.41. The lowest BCUT2D eigenvalue weighted by Crippen LogP contribution is -2.14. The van der Waals surface area contributed by atoms with E-state index < -0.39 is 10.0 Å². The highest BCUT2D eigenvalue weighted by Crippen LogP contribution is 2.26. The maximum atomic E-state index is 12.2. The molecule has 0 unspecified atom stereocenters. The first-order valence-electron chi connectivity index (χ1n) is 5.39. The van der Waals surface area contributed by atoms with Gasteiger partial charge in [0.05, 0.1) is 14.9 Å². The van der Waals surface area contributed by atoms with Crippen molar-refractivity contribution in [2.24, 2.45) is 0 Å². The van der Waals surface area contributed by atoms with E-state index in [2.05, 4.69) is 25.6 Å². The summed E-state index contributed by atoms with van der Waals surface area (Å²) in [5, 5.41) is 0.471. The molecular weight excluding hydrogens is 387 g/mol. The zero-order valence-corrected chi connectivity index (χ0v) is 14.1. The van der Waals surface area contributed by atoms with Crippen LogP contribution in [-0.2, 0) is 10.0 Å². The largest absolute Gasteiger partial charge is 0.263 e. The third-order valence-electron chi connectivity index (χ3n) is 2.48. The molecule has 106 valence electrons. The fourth-order valence-electron chi connectivity index (χ4n) is 1.48. The van der Waals surface area contributed by atoms with Gasteiger partial charge in [0.25, 0.3) is 10.0 Å². The number of sulfonamides is 1. The molecular formula is C12H9BrCl2N2O2S. The molecule has 1 aromatic carbocycles. The fourth-order valence-corrected chi connectivity index (χ4v) is 3.39. The maximum absolute atomic E-state index is 12.2. The normalized spacial score (nSPS) is 11.4. The van der Waals surface area contributed by atoms with Crippen molar-refractivity contribution in [1.82, 2.24) is 4.98 Å². The first-order valence-corrected chi connectivity index (χ1v) is 8.43. The second kappa shape index (κ2) is 5.89. The quantitative estimate of drug-likeness (QED) is 0.844. The standard InChI is InChI=1S/C12H9BrCl2N2O2S/c1-7-4-8(13)6-16-12(7)17-20(18,19)9-2-3-10(14)11(15)5-9/h2-6H,1H3,(H,16,17). The monoisotopic (exact) mass is 394 g/mol. The minimum atomic E-state index is -3.76. The Morgan fingerprint density at radius 3 is 2.50 bits per heavy atom. The van der Waals surface area contributed by atoms with Crippen molar-refractivity contribution in [1.29, 1.82) is 0 Å². The third-order valence-corrected chi connectivity index (χ3v) is 4.99. The summed E-state index contributed by atoms with van der Waals surface area (Å²) < 4.78 is 27.7. The van der Waals surface area contributed by atoms with Crippen molar-refractivity contribution < 1.29 is 8.42 Å². The summed E-state index contributed by atoms with van der Waals surface area (Å²) in [5.74, 6) is 0.263. The van der Waals surface area contributed by atoms with E-state index in [9.17, 15) is 8.42 Å². The van der Waals surface area contributed by atoms with Crippen molar-refractivity contribution >= 4 is 55.0 Å². The molecule has 1 aromatic heterocycles. The molecule has 0 bridgehead atoms. The van der Waals surface area contributed by atoms with E-state index in [0.29, 0.717) is 10.6 Å². The molecule has 0 aliphatic carbocycles. The average Bonchev–Trinajstić information content (AvgIpc) is 2.36. The molecule has 0 spiro atoms. The third kappa shape index (κ3) is 3.44. The number of nitrogens with zero attached hydrogens (tertiary/aromatic N) is 1. The molecule has 0 aliphatic heterocycles. The van der Waals surface area contributed by atoms with Crippen molar-refractivity contribution in [2.45, 2.75) is 11.8 Å². The van der Waals surface area contributed by atoms with Crippen LogP contribution in [0.3, 0.4) is 0 Å².